The monoisotopic (exact) mass is 208 g/mol. The van der Waals surface area contributed by atoms with E-state index in [0.717, 1.165) is 12.8 Å². The molecular weight excluding hydrogens is 193 g/mol. The fourth-order valence-corrected chi connectivity index (χ4v) is 0.798. The predicted octanol–water partition coefficient (Wildman–Crippen LogP) is 2.13. The number of carbonyl (C=O) groups excluding carboxylic acids is 1. The van der Waals surface area contributed by atoms with Crippen molar-refractivity contribution in [2.45, 2.75) is 39.0 Å². The second-order valence-electron chi connectivity index (χ2n) is 2.39. The minimum atomic E-state index is -0.0869. The van der Waals surface area contributed by atoms with Crippen LogP contribution in [0.4, 0.5) is 0 Å². The van der Waals surface area contributed by atoms with Gasteiger partial charge in [0.15, 0.2) is 0 Å². The summed E-state index contributed by atoms with van der Waals surface area (Å²) in [5, 5.41) is 0. The van der Waals surface area contributed by atoms with Gasteiger partial charge in [-0.15, -0.1) is 0 Å². The van der Waals surface area contributed by atoms with Crippen LogP contribution in [-0.2, 0) is 29.0 Å². The zero-order chi connectivity index (χ0) is 7.82. The largest absolute Gasteiger partial charge is 0.469 e. The third-order valence-corrected chi connectivity index (χ3v) is 1.46. The van der Waals surface area contributed by atoms with Crippen molar-refractivity contribution in [2.24, 2.45) is 0 Å². The average molecular weight is 210 g/mol. The van der Waals surface area contributed by atoms with Crippen LogP contribution in [0.15, 0.2) is 0 Å². The minimum absolute atomic E-state index is 0. The molecule has 0 spiro atoms. The smallest absolute Gasteiger partial charge is 0.305 e. The molecule has 0 aromatic heterocycles. The molecule has 0 amide bonds. The van der Waals surface area contributed by atoms with Crippen molar-refractivity contribution in [1.82, 2.24) is 0 Å². The Balaban J connectivity index is 0. The van der Waals surface area contributed by atoms with E-state index in [1.54, 1.807) is 0 Å². The summed E-state index contributed by atoms with van der Waals surface area (Å²) in [6, 6.07) is 0. The average Bonchev–Trinajstić information content (AvgIpc) is 1.98. The molecule has 0 aliphatic carbocycles. The van der Waals surface area contributed by atoms with Crippen LogP contribution in [0.5, 0.6) is 0 Å². The third kappa shape index (κ3) is 10.1. The summed E-state index contributed by atoms with van der Waals surface area (Å²) in [6.07, 6.45) is 5.13. The molecule has 0 N–H and O–H groups in total. The van der Waals surface area contributed by atoms with E-state index in [4.69, 9.17) is 0 Å². The molecule has 0 aliphatic rings. The van der Waals surface area contributed by atoms with Gasteiger partial charge in [-0.3, -0.25) is 4.79 Å². The molecule has 0 radical (unpaired) electrons. The van der Waals surface area contributed by atoms with E-state index >= 15 is 0 Å². The van der Waals surface area contributed by atoms with E-state index in [1.807, 2.05) is 0 Å². The molecule has 0 aliphatic heterocycles. The van der Waals surface area contributed by atoms with Crippen LogP contribution in [0.25, 0.3) is 0 Å². The Bertz CT molecular complexity index is 94.1. The van der Waals surface area contributed by atoms with Crippen molar-refractivity contribution in [3.8, 4) is 0 Å². The molecule has 62 valence electrons. The van der Waals surface area contributed by atoms with Crippen LogP contribution in [0, 0.1) is 0 Å². The van der Waals surface area contributed by atoms with Crippen molar-refractivity contribution in [2.75, 3.05) is 7.11 Å². The predicted molar refractivity (Wildman–Crippen MR) is 40.8 cm³/mol. The summed E-state index contributed by atoms with van der Waals surface area (Å²) in [4.78, 5) is 10.6. The Morgan fingerprint density at radius 3 is 2.36 bits per heavy atom. The fourth-order valence-electron chi connectivity index (χ4n) is 0.798. The molecule has 0 atom stereocenters. The van der Waals surface area contributed by atoms with Crippen molar-refractivity contribution >= 4 is 5.97 Å². The molecule has 0 aromatic rings. The summed E-state index contributed by atoms with van der Waals surface area (Å²) in [7, 11) is 1.43. The van der Waals surface area contributed by atoms with E-state index in [0.29, 0.717) is 6.42 Å². The molecule has 0 bridgehead atoms. The Morgan fingerprint density at radius 2 is 1.91 bits per heavy atom. The van der Waals surface area contributed by atoms with Crippen molar-refractivity contribution in [1.29, 1.82) is 0 Å². The van der Waals surface area contributed by atoms with E-state index in [1.165, 1.54) is 20.0 Å². The van der Waals surface area contributed by atoms with E-state index in [-0.39, 0.29) is 25.4 Å². The Hall–Kier alpha value is 0.0934. The molecule has 0 aromatic carbocycles. The first kappa shape index (κ1) is 13.7. The summed E-state index contributed by atoms with van der Waals surface area (Å²) >= 11 is 0. The molecule has 0 heterocycles. The molecule has 0 rings (SSSR count). The first-order chi connectivity index (χ1) is 4.81. The van der Waals surface area contributed by atoms with E-state index in [9.17, 15) is 4.79 Å². The Morgan fingerprint density at radius 1 is 1.27 bits per heavy atom. The van der Waals surface area contributed by atoms with E-state index in [2.05, 4.69) is 11.7 Å². The summed E-state index contributed by atoms with van der Waals surface area (Å²) in [6.45, 7) is 2.15. The first-order valence-corrected chi connectivity index (χ1v) is 3.88. The van der Waals surface area contributed by atoms with Crippen LogP contribution in [0.2, 0.25) is 0 Å². The van der Waals surface area contributed by atoms with Gasteiger partial charge in [0, 0.05) is 25.9 Å². The van der Waals surface area contributed by atoms with Gasteiger partial charge in [0.25, 0.3) is 0 Å². The number of rotatable bonds is 5. The Kier molecular flexibility index (Phi) is 12.5. The van der Waals surface area contributed by atoms with Gasteiger partial charge >= 0.3 is 5.97 Å². The summed E-state index contributed by atoms with van der Waals surface area (Å²) < 4.78 is 4.49. The summed E-state index contributed by atoms with van der Waals surface area (Å²) in [5.74, 6) is -0.0869. The van der Waals surface area contributed by atoms with Crippen LogP contribution in [0.1, 0.15) is 39.0 Å². The number of hydrogen-bond acceptors (Lipinski definition) is 2. The molecule has 0 fully saturated rings. The molecule has 0 saturated carbocycles. The van der Waals surface area contributed by atoms with Crippen molar-refractivity contribution in [3.05, 3.63) is 0 Å². The number of hydrogen-bond donors (Lipinski definition) is 0. The molecular formula is C8H16O2Zn. The van der Waals surface area contributed by atoms with E-state index < -0.39 is 0 Å². The summed E-state index contributed by atoms with van der Waals surface area (Å²) in [5.41, 5.74) is 0. The fraction of sp³-hybridized carbons (Fsp3) is 0.875. The van der Waals surface area contributed by atoms with Crippen LogP contribution in [-0.4, -0.2) is 13.1 Å². The van der Waals surface area contributed by atoms with Gasteiger partial charge in [-0.1, -0.05) is 26.2 Å². The van der Waals surface area contributed by atoms with Gasteiger partial charge in [0.2, 0.25) is 0 Å². The molecule has 2 nitrogen and oxygen atoms in total. The number of methoxy groups -OCH3 is 1. The normalized spacial score (nSPS) is 8.55. The van der Waals surface area contributed by atoms with Gasteiger partial charge in [-0.05, 0) is 6.42 Å². The first-order valence-electron chi connectivity index (χ1n) is 3.88. The number of unbranched alkanes of at least 4 members (excludes halogenated alkanes) is 3. The maximum Gasteiger partial charge on any atom is 0.305 e. The third-order valence-electron chi connectivity index (χ3n) is 1.46. The molecule has 3 heteroatoms. The number of ether oxygens (including phenoxy) is 1. The number of carbonyl (C=O) groups is 1. The number of esters is 1. The second-order valence-corrected chi connectivity index (χ2v) is 2.39. The standard InChI is InChI=1S/C8H16O2.Zn/c1-3-4-5-6-7-8(9)10-2;/h3-7H2,1-2H3;. The van der Waals surface area contributed by atoms with Crippen molar-refractivity contribution in [3.63, 3.8) is 0 Å². The van der Waals surface area contributed by atoms with Crippen LogP contribution < -0.4 is 0 Å². The zero-order valence-electron chi connectivity index (χ0n) is 7.56. The van der Waals surface area contributed by atoms with Crippen molar-refractivity contribution < 1.29 is 29.0 Å². The minimum Gasteiger partial charge on any atom is -0.469 e. The maximum atomic E-state index is 10.6. The second kappa shape index (κ2) is 10.1. The maximum absolute atomic E-state index is 10.6. The van der Waals surface area contributed by atoms with Gasteiger partial charge in [0.05, 0.1) is 7.11 Å². The molecule has 11 heavy (non-hydrogen) atoms. The topological polar surface area (TPSA) is 26.3 Å². The SMILES string of the molecule is CCCCCCC(=O)OC.[Zn]. The molecule has 0 unspecified atom stereocenters. The van der Waals surface area contributed by atoms with Gasteiger partial charge in [-0.2, -0.15) is 0 Å². The van der Waals surface area contributed by atoms with Gasteiger partial charge < -0.3 is 4.74 Å². The Labute approximate surface area is 81.5 Å². The zero-order valence-corrected chi connectivity index (χ0v) is 10.5. The van der Waals surface area contributed by atoms with Gasteiger partial charge in [0.1, 0.15) is 0 Å². The van der Waals surface area contributed by atoms with Crippen LogP contribution in [0.3, 0.4) is 0 Å². The quantitative estimate of drug-likeness (QED) is 0.394. The van der Waals surface area contributed by atoms with Crippen LogP contribution >= 0.6 is 0 Å². The van der Waals surface area contributed by atoms with Gasteiger partial charge in [-0.25, -0.2) is 0 Å². The molecule has 0 saturated heterocycles.